The lowest BCUT2D eigenvalue weighted by molar-refractivity contribution is 0.461. The average Bonchev–Trinajstić information content (AvgIpc) is 2.43. The molecule has 1 aromatic carbocycles. The van der Waals surface area contributed by atoms with Gasteiger partial charge in [0.15, 0.2) is 0 Å². The fourth-order valence-electron chi connectivity index (χ4n) is 1.63. The average molecular weight is 390 g/mol. The highest BCUT2D eigenvalue weighted by molar-refractivity contribution is 9.10. The zero-order valence-electron chi connectivity index (χ0n) is 11.7. The summed E-state index contributed by atoms with van der Waals surface area (Å²) in [4.78, 5) is 4.19. The van der Waals surface area contributed by atoms with E-state index in [0.29, 0.717) is 27.7 Å². The first-order valence-electron chi connectivity index (χ1n) is 6.46. The van der Waals surface area contributed by atoms with E-state index in [0.717, 1.165) is 16.6 Å². The predicted octanol–water partition coefficient (Wildman–Crippen LogP) is 5.44. The summed E-state index contributed by atoms with van der Waals surface area (Å²) in [7, 11) is 0. The zero-order valence-corrected chi connectivity index (χ0v) is 14.8. The highest BCUT2D eigenvalue weighted by Gasteiger charge is 2.09. The van der Waals surface area contributed by atoms with E-state index in [4.69, 9.17) is 27.9 Å². The number of nitrogens with one attached hydrogen (secondary N) is 1. The Labute approximate surface area is 142 Å². The van der Waals surface area contributed by atoms with Crippen LogP contribution < -0.4 is 10.1 Å². The molecule has 6 heteroatoms. The van der Waals surface area contributed by atoms with Gasteiger partial charge in [0.1, 0.15) is 5.75 Å². The lowest BCUT2D eigenvalue weighted by Crippen LogP contribution is -2.21. The van der Waals surface area contributed by atoms with Crippen LogP contribution in [0.4, 0.5) is 0 Å². The largest absolute Gasteiger partial charge is 0.437 e. The number of ether oxygens (including phenoxy) is 1. The molecule has 0 saturated heterocycles. The minimum absolute atomic E-state index is 0.419. The van der Waals surface area contributed by atoms with Crippen molar-refractivity contribution in [2.75, 3.05) is 0 Å². The molecule has 0 spiro atoms. The first-order chi connectivity index (χ1) is 9.95. The molecule has 0 amide bonds. The molecular formula is C15H15BrCl2N2O. The molecule has 1 N–H and O–H groups in total. The van der Waals surface area contributed by atoms with Crippen molar-refractivity contribution in [2.24, 2.45) is 0 Å². The second-order valence-electron chi connectivity index (χ2n) is 4.84. The van der Waals surface area contributed by atoms with Gasteiger partial charge < -0.3 is 10.1 Å². The van der Waals surface area contributed by atoms with Crippen molar-refractivity contribution in [3.63, 3.8) is 0 Å². The van der Waals surface area contributed by atoms with Crippen molar-refractivity contribution in [3.05, 3.63) is 50.5 Å². The number of hydrogen-bond acceptors (Lipinski definition) is 3. The Bertz CT molecular complexity index is 635. The molecule has 0 unspecified atom stereocenters. The monoisotopic (exact) mass is 388 g/mol. The molecule has 1 aromatic heterocycles. The number of nitrogens with zero attached hydrogens (tertiary/aromatic N) is 1. The molecule has 0 radical (unpaired) electrons. The first-order valence-corrected chi connectivity index (χ1v) is 8.01. The summed E-state index contributed by atoms with van der Waals surface area (Å²) in [5.74, 6) is 0.963. The van der Waals surface area contributed by atoms with E-state index in [1.54, 1.807) is 18.3 Å². The number of aromatic nitrogens is 1. The number of halogens is 3. The molecule has 3 nitrogen and oxygen atoms in total. The Morgan fingerprint density at radius 3 is 2.71 bits per heavy atom. The quantitative estimate of drug-likeness (QED) is 0.691. The zero-order chi connectivity index (χ0) is 15.4. The summed E-state index contributed by atoms with van der Waals surface area (Å²) < 4.78 is 6.44. The molecule has 0 atom stereocenters. The fourth-order valence-corrected chi connectivity index (χ4v) is 2.46. The molecule has 0 bridgehead atoms. The van der Waals surface area contributed by atoms with E-state index in [1.165, 1.54) is 0 Å². The van der Waals surface area contributed by atoms with Crippen molar-refractivity contribution in [1.29, 1.82) is 0 Å². The lowest BCUT2D eigenvalue weighted by Gasteiger charge is -2.11. The van der Waals surface area contributed by atoms with Crippen molar-refractivity contribution in [3.8, 4) is 11.6 Å². The van der Waals surface area contributed by atoms with E-state index in [1.807, 2.05) is 12.1 Å². The highest BCUT2D eigenvalue weighted by atomic mass is 79.9. The summed E-state index contributed by atoms with van der Waals surface area (Å²) >= 11 is 15.5. The maximum atomic E-state index is 6.14. The van der Waals surface area contributed by atoms with Crippen LogP contribution in [-0.2, 0) is 6.54 Å². The second kappa shape index (κ2) is 7.45. The van der Waals surface area contributed by atoms with Gasteiger partial charge in [-0.3, -0.25) is 0 Å². The molecule has 0 saturated carbocycles. The molecule has 112 valence electrons. The van der Waals surface area contributed by atoms with Crippen LogP contribution in [0, 0.1) is 0 Å². The number of pyridine rings is 1. The van der Waals surface area contributed by atoms with Crippen LogP contribution in [0.5, 0.6) is 11.6 Å². The number of hydrogen-bond donors (Lipinski definition) is 1. The smallest absolute Gasteiger partial charge is 0.219 e. The standard InChI is InChI=1S/C15H15BrCl2N2O/c1-9(2)20-8-10-3-4-19-15(5-10)21-14-7-12(17)11(16)6-13(14)18/h3-7,9,20H,8H2,1-2H3. The molecule has 0 fully saturated rings. The SMILES string of the molecule is CC(C)NCc1ccnc(Oc2cc(Cl)c(Br)cc2Cl)c1. The van der Waals surface area contributed by atoms with Crippen molar-refractivity contribution in [2.45, 2.75) is 26.4 Å². The van der Waals surface area contributed by atoms with E-state index in [2.05, 4.69) is 40.1 Å². The van der Waals surface area contributed by atoms with Crippen molar-refractivity contribution in [1.82, 2.24) is 10.3 Å². The van der Waals surface area contributed by atoms with Crippen LogP contribution in [-0.4, -0.2) is 11.0 Å². The van der Waals surface area contributed by atoms with Gasteiger partial charge in [-0.15, -0.1) is 0 Å². The summed E-state index contributed by atoms with van der Waals surface area (Å²) in [6.07, 6.45) is 1.71. The maximum absolute atomic E-state index is 6.14. The Morgan fingerprint density at radius 2 is 2.00 bits per heavy atom. The predicted molar refractivity (Wildman–Crippen MR) is 90.4 cm³/mol. The van der Waals surface area contributed by atoms with E-state index in [-0.39, 0.29) is 0 Å². The van der Waals surface area contributed by atoms with Gasteiger partial charge in [0.05, 0.1) is 10.0 Å². The van der Waals surface area contributed by atoms with E-state index < -0.39 is 0 Å². The van der Waals surface area contributed by atoms with Gasteiger partial charge in [-0.25, -0.2) is 4.98 Å². The second-order valence-corrected chi connectivity index (χ2v) is 6.51. The molecule has 0 aliphatic carbocycles. The molecule has 2 aromatic rings. The van der Waals surface area contributed by atoms with Gasteiger partial charge >= 0.3 is 0 Å². The van der Waals surface area contributed by atoms with Crippen molar-refractivity contribution < 1.29 is 4.74 Å². The van der Waals surface area contributed by atoms with E-state index in [9.17, 15) is 0 Å². The van der Waals surface area contributed by atoms with Crippen LogP contribution in [0.15, 0.2) is 34.9 Å². The topological polar surface area (TPSA) is 34.2 Å². The third kappa shape index (κ3) is 4.85. The fraction of sp³-hybridized carbons (Fsp3) is 0.267. The Balaban J connectivity index is 2.16. The normalized spacial score (nSPS) is 11.0. The van der Waals surface area contributed by atoms with Gasteiger partial charge in [-0.05, 0) is 33.6 Å². The molecule has 0 aliphatic heterocycles. The summed E-state index contributed by atoms with van der Waals surface area (Å²) in [5, 5.41) is 4.35. The van der Waals surface area contributed by atoms with Crippen LogP contribution in [0.2, 0.25) is 10.0 Å². The molecular weight excluding hydrogens is 375 g/mol. The highest BCUT2D eigenvalue weighted by Crippen LogP contribution is 2.36. The third-order valence-electron chi connectivity index (χ3n) is 2.70. The van der Waals surface area contributed by atoms with E-state index >= 15 is 0 Å². The summed E-state index contributed by atoms with van der Waals surface area (Å²) in [6.45, 7) is 4.95. The molecule has 1 heterocycles. The van der Waals surface area contributed by atoms with Crippen LogP contribution in [0.3, 0.4) is 0 Å². The van der Waals surface area contributed by atoms with Crippen LogP contribution >= 0.6 is 39.1 Å². The van der Waals surface area contributed by atoms with Gasteiger partial charge in [0.2, 0.25) is 5.88 Å². The summed E-state index contributed by atoms with van der Waals surface area (Å²) in [5.41, 5.74) is 1.09. The minimum atomic E-state index is 0.419. The molecule has 21 heavy (non-hydrogen) atoms. The van der Waals surface area contributed by atoms with Crippen molar-refractivity contribution >= 4 is 39.1 Å². The Hall–Kier alpha value is -0.810. The number of benzene rings is 1. The lowest BCUT2D eigenvalue weighted by atomic mass is 10.2. The Kier molecular flexibility index (Phi) is 5.88. The summed E-state index contributed by atoms with van der Waals surface area (Å²) in [6, 6.07) is 7.60. The van der Waals surface area contributed by atoms with Gasteiger partial charge in [0, 0.05) is 35.4 Å². The van der Waals surface area contributed by atoms with Gasteiger partial charge in [0.25, 0.3) is 0 Å². The minimum Gasteiger partial charge on any atom is -0.437 e. The van der Waals surface area contributed by atoms with Gasteiger partial charge in [-0.1, -0.05) is 37.0 Å². The van der Waals surface area contributed by atoms with Crippen LogP contribution in [0.25, 0.3) is 0 Å². The van der Waals surface area contributed by atoms with Gasteiger partial charge in [-0.2, -0.15) is 0 Å². The molecule has 0 aliphatic rings. The Morgan fingerprint density at radius 1 is 1.24 bits per heavy atom. The maximum Gasteiger partial charge on any atom is 0.219 e. The third-order valence-corrected chi connectivity index (χ3v) is 4.20. The van der Waals surface area contributed by atoms with Crippen LogP contribution in [0.1, 0.15) is 19.4 Å². The first kappa shape index (κ1) is 16.6. The number of rotatable bonds is 5. The molecule has 2 rings (SSSR count).